The Morgan fingerprint density at radius 2 is 1.61 bits per heavy atom. The van der Waals surface area contributed by atoms with Crippen molar-refractivity contribution in [2.24, 2.45) is 14.1 Å². The van der Waals surface area contributed by atoms with Gasteiger partial charge in [-0.25, -0.2) is 19.7 Å². The summed E-state index contributed by atoms with van der Waals surface area (Å²) in [6.07, 6.45) is 1.95. The molecule has 2 N–H and O–H groups in total. The first-order chi connectivity index (χ1) is 22.2. The van der Waals surface area contributed by atoms with Gasteiger partial charge in [0, 0.05) is 62.1 Å². The zero-order valence-corrected chi connectivity index (χ0v) is 27.4. The minimum absolute atomic E-state index is 0.170. The number of nitrogens with one attached hydrogen (secondary N) is 2. The number of aryl methyl sites for hydroxylation is 2. The Morgan fingerprint density at radius 3 is 2.35 bits per heavy atom. The number of hydrogen-bond acceptors (Lipinski definition) is 9. The monoisotopic (exact) mass is 661 g/mol. The molecule has 0 atom stereocenters. The maximum atomic E-state index is 13.1. The first-order valence-electron chi connectivity index (χ1n) is 14.8. The predicted molar refractivity (Wildman–Crippen MR) is 180 cm³/mol. The number of fused-ring (bicyclic) bond motifs is 1. The molecule has 0 amide bonds. The van der Waals surface area contributed by atoms with E-state index in [1.54, 1.807) is 27.1 Å². The van der Waals surface area contributed by atoms with Gasteiger partial charge in [0.05, 0.1) is 28.5 Å². The van der Waals surface area contributed by atoms with Crippen molar-refractivity contribution in [2.75, 3.05) is 25.6 Å². The normalized spacial score (nSPS) is 13.7. The molecular formula is C33H33Cl2N7O4. The van der Waals surface area contributed by atoms with E-state index in [1.165, 1.54) is 11.6 Å². The van der Waals surface area contributed by atoms with Crippen molar-refractivity contribution in [1.29, 1.82) is 0 Å². The van der Waals surface area contributed by atoms with Crippen LogP contribution in [0, 0.1) is 6.92 Å². The Bertz CT molecular complexity index is 2070. The van der Waals surface area contributed by atoms with Gasteiger partial charge in [0.2, 0.25) is 5.88 Å². The van der Waals surface area contributed by atoms with Crippen molar-refractivity contribution in [3.63, 3.8) is 0 Å². The molecule has 1 fully saturated rings. The van der Waals surface area contributed by atoms with Gasteiger partial charge < -0.3 is 20.1 Å². The van der Waals surface area contributed by atoms with Gasteiger partial charge in [-0.1, -0.05) is 59.6 Å². The second kappa shape index (κ2) is 13.2. The molecule has 0 aliphatic carbocycles. The molecule has 6 rings (SSSR count). The summed E-state index contributed by atoms with van der Waals surface area (Å²) in [5.41, 5.74) is 3.41. The fourth-order valence-electron chi connectivity index (χ4n) is 5.65. The lowest BCUT2D eigenvalue weighted by Gasteiger charge is -2.23. The Hall–Kier alpha value is -4.29. The molecule has 3 aromatic heterocycles. The standard InChI is InChI=1S/C33H33Cl2N7O4/c1-18-37-29(26-30(38-18)41(2)33(44)42(3)32(26)43)39-25-10-6-8-22(28(25)35)21-7-5-9-23(27(21)34)24-12-11-19(31(40-24)45-4)17-36-20-13-15-46-16-14-20/h5-12,20,36H,13-17H2,1-4H3,(H,37,38,39). The molecule has 46 heavy (non-hydrogen) atoms. The highest BCUT2D eigenvalue weighted by molar-refractivity contribution is 6.39. The van der Waals surface area contributed by atoms with Crippen molar-refractivity contribution in [3.05, 3.63) is 90.8 Å². The molecule has 0 bridgehead atoms. The maximum absolute atomic E-state index is 13.1. The summed E-state index contributed by atoms with van der Waals surface area (Å²) < 4.78 is 13.5. The quantitative estimate of drug-likeness (QED) is 0.225. The van der Waals surface area contributed by atoms with Crippen LogP contribution in [0.3, 0.4) is 0 Å². The number of aromatic nitrogens is 5. The van der Waals surface area contributed by atoms with Crippen molar-refractivity contribution in [3.8, 4) is 28.3 Å². The van der Waals surface area contributed by atoms with Gasteiger partial charge in [0.25, 0.3) is 5.56 Å². The van der Waals surface area contributed by atoms with E-state index < -0.39 is 11.2 Å². The SMILES string of the molecule is COc1nc(-c2cccc(-c3cccc(Nc4nc(C)nc5c4c(=O)n(C)c(=O)n5C)c3Cl)c2Cl)ccc1CNC1CCOCC1. The molecule has 1 aliphatic heterocycles. The summed E-state index contributed by atoms with van der Waals surface area (Å²) in [6.45, 7) is 3.86. The summed E-state index contributed by atoms with van der Waals surface area (Å²) in [5, 5.41) is 7.79. The lowest BCUT2D eigenvalue weighted by molar-refractivity contribution is 0.0775. The Balaban J connectivity index is 1.34. The van der Waals surface area contributed by atoms with E-state index in [2.05, 4.69) is 20.6 Å². The second-order valence-electron chi connectivity index (χ2n) is 11.1. The highest BCUT2D eigenvalue weighted by Gasteiger charge is 2.20. The molecule has 1 aliphatic rings. The van der Waals surface area contributed by atoms with E-state index in [0.717, 1.165) is 41.7 Å². The second-order valence-corrected chi connectivity index (χ2v) is 11.9. The van der Waals surface area contributed by atoms with Crippen molar-refractivity contribution < 1.29 is 9.47 Å². The van der Waals surface area contributed by atoms with E-state index >= 15 is 0 Å². The van der Waals surface area contributed by atoms with Crippen molar-refractivity contribution >= 4 is 45.7 Å². The fourth-order valence-corrected chi connectivity index (χ4v) is 6.25. The number of ether oxygens (including phenoxy) is 2. The van der Waals surface area contributed by atoms with E-state index in [4.69, 9.17) is 37.7 Å². The number of rotatable bonds is 8. The molecule has 4 heterocycles. The van der Waals surface area contributed by atoms with Gasteiger partial charge in [0.1, 0.15) is 17.0 Å². The van der Waals surface area contributed by atoms with Crippen LogP contribution < -0.4 is 26.6 Å². The molecule has 0 saturated carbocycles. The molecule has 2 aromatic carbocycles. The highest BCUT2D eigenvalue weighted by Crippen LogP contribution is 2.42. The third kappa shape index (κ3) is 5.99. The number of methoxy groups -OCH3 is 1. The summed E-state index contributed by atoms with van der Waals surface area (Å²) in [6, 6.07) is 15.5. The fraction of sp³-hybridized carbons (Fsp3) is 0.303. The zero-order chi connectivity index (χ0) is 32.5. The third-order valence-corrected chi connectivity index (χ3v) is 8.98. The molecule has 0 radical (unpaired) electrons. The molecular weight excluding hydrogens is 629 g/mol. The third-order valence-electron chi connectivity index (χ3n) is 8.16. The van der Waals surface area contributed by atoms with Gasteiger partial charge in [-0.3, -0.25) is 13.9 Å². The van der Waals surface area contributed by atoms with E-state index in [1.807, 2.05) is 42.5 Å². The molecule has 11 nitrogen and oxygen atoms in total. The number of nitrogens with zero attached hydrogens (tertiary/aromatic N) is 5. The lowest BCUT2D eigenvalue weighted by atomic mass is 10.00. The Labute approximate surface area is 275 Å². The van der Waals surface area contributed by atoms with Crippen LogP contribution in [0.4, 0.5) is 11.5 Å². The molecule has 5 aromatic rings. The van der Waals surface area contributed by atoms with Gasteiger partial charge in [-0.15, -0.1) is 0 Å². The zero-order valence-electron chi connectivity index (χ0n) is 25.9. The topological polar surface area (TPSA) is 125 Å². The first-order valence-corrected chi connectivity index (χ1v) is 15.6. The molecule has 238 valence electrons. The summed E-state index contributed by atoms with van der Waals surface area (Å²) in [4.78, 5) is 39.3. The van der Waals surface area contributed by atoms with Crippen LogP contribution in [0.15, 0.2) is 58.1 Å². The molecule has 13 heteroatoms. The van der Waals surface area contributed by atoms with E-state index in [0.29, 0.717) is 56.8 Å². The Kier molecular flexibility index (Phi) is 9.10. The van der Waals surface area contributed by atoms with E-state index in [-0.39, 0.29) is 16.9 Å². The van der Waals surface area contributed by atoms with Gasteiger partial charge in [-0.05, 0) is 31.9 Å². The van der Waals surface area contributed by atoms with Crippen molar-refractivity contribution in [1.82, 2.24) is 29.4 Å². The smallest absolute Gasteiger partial charge is 0.332 e. The average Bonchev–Trinajstić information content (AvgIpc) is 3.07. The average molecular weight is 663 g/mol. The number of anilines is 2. The first kappa shape index (κ1) is 31.7. The number of pyridine rings is 1. The summed E-state index contributed by atoms with van der Waals surface area (Å²) >= 11 is 14.0. The lowest BCUT2D eigenvalue weighted by Crippen LogP contribution is -2.37. The van der Waals surface area contributed by atoms with Gasteiger partial charge in [-0.2, -0.15) is 0 Å². The van der Waals surface area contributed by atoms with Crippen LogP contribution >= 0.6 is 23.2 Å². The van der Waals surface area contributed by atoms with Crippen LogP contribution in [-0.2, 0) is 25.4 Å². The van der Waals surface area contributed by atoms with Crippen molar-refractivity contribution in [2.45, 2.75) is 32.4 Å². The molecule has 0 unspecified atom stereocenters. The van der Waals surface area contributed by atoms with Crippen LogP contribution in [0.1, 0.15) is 24.2 Å². The van der Waals surface area contributed by atoms with E-state index in [9.17, 15) is 9.59 Å². The number of halogens is 2. The van der Waals surface area contributed by atoms with Crippen LogP contribution in [0.25, 0.3) is 33.4 Å². The number of benzene rings is 2. The maximum Gasteiger partial charge on any atom is 0.332 e. The van der Waals surface area contributed by atoms with Crippen LogP contribution in [0.2, 0.25) is 10.0 Å². The van der Waals surface area contributed by atoms with Crippen LogP contribution in [0.5, 0.6) is 5.88 Å². The van der Waals surface area contributed by atoms with Crippen LogP contribution in [-0.4, -0.2) is 50.5 Å². The summed E-state index contributed by atoms with van der Waals surface area (Å²) in [7, 11) is 4.59. The minimum atomic E-state index is -0.517. The highest BCUT2D eigenvalue weighted by atomic mass is 35.5. The molecule has 1 saturated heterocycles. The minimum Gasteiger partial charge on any atom is -0.481 e. The Morgan fingerprint density at radius 1 is 0.913 bits per heavy atom. The van der Waals surface area contributed by atoms with Gasteiger partial charge >= 0.3 is 5.69 Å². The summed E-state index contributed by atoms with van der Waals surface area (Å²) in [5.74, 6) is 1.15. The van der Waals surface area contributed by atoms with Gasteiger partial charge in [0.15, 0.2) is 5.65 Å². The largest absolute Gasteiger partial charge is 0.481 e. The number of hydrogen-bond donors (Lipinski definition) is 2. The molecule has 0 spiro atoms. The predicted octanol–water partition coefficient (Wildman–Crippen LogP) is 5.39.